The molecule has 0 aliphatic rings. The summed E-state index contributed by atoms with van der Waals surface area (Å²) in [5.74, 6) is -1.07. The zero-order valence-electron chi connectivity index (χ0n) is 6.24. The molecular weight excluding hydrogens is 168 g/mol. The fourth-order valence-corrected chi connectivity index (χ4v) is 1.18. The first kappa shape index (κ1) is 10.4. The second kappa shape index (κ2) is 3.68. The molecular formula is C5H12N2O3S. The first-order chi connectivity index (χ1) is 4.83. The molecule has 11 heavy (non-hydrogen) atoms. The fourth-order valence-electron chi connectivity index (χ4n) is 0.475. The van der Waals surface area contributed by atoms with Gasteiger partial charge in [0.1, 0.15) is 6.04 Å². The van der Waals surface area contributed by atoms with Crippen molar-refractivity contribution < 1.29 is 14.1 Å². The smallest absolute Gasteiger partial charge is 0.320 e. The van der Waals surface area contributed by atoms with E-state index in [-0.39, 0.29) is 12.2 Å². The summed E-state index contributed by atoms with van der Waals surface area (Å²) < 4.78 is 17.7. The van der Waals surface area contributed by atoms with Crippen LogP contribution in [-0.2, 0) is 14.5 Å². The Kier molecular flexibility index (Phi) is 3.47. The lowest BCUT2D eigenvalue weighted by atomic mass is 10.2. The molecule has 0 aromatic rings. The molecule has 2 atom stereocenters. The average Bonchev–Trinajstić information content (AvgIpc) is 1.80. The lowest BCUT2D eigenvalue weighted by Gasteiger charge is -2.04. The molecule has 0 rings (SSSR count). The van der Waals surface area contributed by atoms with E-state index in [2.05, 4.69) is 0 Å². The highest BCUT2D eigenvalue weighted by Crippen LogP contribution is 1.94. The maximum atomic E-state index is 10.7. The Morgan fingerprint density at radius 2 is 2.27 bits per heavy atom. The Labute approximate surface area is 65.6 Å². The van der Waals surface area contributed by atoms with Crippen molar-refractivity contribution in [3.8, 4) is 0 Å². The van der Waals surface area contributed by atoms with Crippen LogP contribution >= 0.6 is 0 Å². The molecule has 6 heteroatoms. The Balaban J connectivity index is 3.82. The molecule has 0 aliphatic heterocycles. The number of hydrogen-bond donors (Lipinski definition) is 3. The largest absolute Gasteiger partial charge is 0.480 e. The SMILES string of the molecule is C[S@](=N)(=O)CC[C@@H](N)C(=O)O. The maximum absolute atomic E-state index is 10.7. The van der Waals surface area contributed by atoms with Gasteiger partial charge in [-0.2, -0.15) is 0 Å². The van der Waals surface area contributed by atoms with E-state index < -0.39 is 21.7 Å². The number of carboxylic acid groups (broad SMARTS) is 1. The van der Waals surface area contributed by atoms with Gasteiger partial charge in [-0.15, -0.1) is 0 Å². The van der Waals surface area contributed by atoms with Gasteiger partial charge in [0, 0.05) is 21.7 Å². The summed E-state index contributed by atoms with van der Waals surface area (Å²) in [4.78, 5) is 10.1. The van der Waals surface area contributed by atoms with E-state index in [0.717, 1.165) is 0 Å². The molecule has 0 unspecified atom stereocenters. The van der Waals surface area contributed by atoms with E-state index in [9.17, 15) is 9.00 Å². The van der Waals surface area contributed by atoms with E-state index in [4.69, 9.17) is 15.6 Å². The van der Waals surface area contributed by atoms with Crippen molar-refractivity contribution in [2.45, 2.75) is 12.5 Å². The van der Waals surface area contributed by atoms with E-state index in [1.807, 2.05) is 0 Å². The molecule has 0 saturated carbocycles. The van der Waals surface area contributed by atoms with Gasteiger partial charge in [0.05, 0.1) is 0 Å². The monoisotopic (exact) mass is 180 g/mol. The number of carbonyl (C=O) groups is 1. The molecule has 4 N–H and O–H groups in total. The van der Waals surface area contributed by atoms with Crippen LogP contribution in [0.2, 0.25) is 0 Å². The van der Waals surface area contributed by atoms with Crippen LogP contribution in [0.1, 0.15) is 6.42 Å². The van der Waals surface area contributed by atoms with Crippen LogP contribution in [0.15, 0.2) is 0 Å². The van der Waals surface area contributed by atoms with Gasteiger partial charge >= 0.3 is 5.97 Å². The summed E-state index contributed by atoms with van der Waals surface area (Å²) in [6.07, 6.45) is 1.36. The predicted molar refractivity (Wildman–Crippen MR) is 41.9 cm³/mol. The second-order valence-corrected chi connectivity index (χ2v) is 4.86. The summed E-state index contributed by atoms with van der Waals surface area (Å²) in [5.41, 5.74) is 5.12. The third-order valence-corrected chi connectivity index (χ3v) is 2.15. The minimum absolute atomic E-state index is 0.0421. The van der Waals surface area contributed by atoms with E-state index in [0.29, 0.717) is 0 Å². The van der Waals surface area contributed by atoms with Crippen LogP contribution < -0.4 is 5.73 Å². The number of rotatable bonds is 4. The maximum Gasteiger partial charge on any atom is 0.320 e. The molecule has 0 amide bonds. The lowest BCUT2D eigenvalue weighted by molar-refractivity contribution is -0.138. The normalized spacial score (nSPS) is 18.7. The number of hydrogen-bond acceptors (Lipinski definition) is 4. The highest BCUT2D eigenvalue weighted by molar-refractivity contribution is 7.91. The Morgan fingerprint density at radius 3 is 2.55 bits per heavy atom. The molecule has 66 valence electrons. The summed E-state index contributed by atoms with van der Waals surface area (Å²) >= 11 is 0. The van der Waals surface area contributed by atoms with E-state index in [1.54, 1.807) is 0 Å². The molecule has 0 radical (unpaired) electrons. The minimum atomic E-state index is -2.60. The molecule has 0 aromatic heterocycles. The second-order valence-electron chi connectivity index (χ2n) is 2.44. The number of nitrogens with two attached hydrogens (primary N) is 1. The molecule has 5 nitrogen and oxygen atoms in total. The van der Waals surface area contributed by atoms with Crippen LogP contribution in [-0.4, -0.2) is 33.3 Å². The summed E-state index contributed by atoms with van der Waals surface area (Å²) in [5, 5.41) is 8.30. The molecule has 0 bridgehead atoms. The molecule has 0 aliphatic carbocycles. The summed E-state index contributed by atoms with van der Waals surface area (Å²) in [6, 6.07) is -0.999. The van der Waals surface area contributed by atoms with Crippen molar-refractivity contribution >= 4 is 15.7 Å². The zero-order valence-corrected chi connectivity index (χ0v) is 7.06. The highest BCUT2D eigenvalue weighted by atomic mass is 32.2. The van der Waals surface area contributed by atoms with Gasteiger partial charge in [-0.05, 0) is 6.42 Å². The standard InChI is InChI=1S/C5H12N2O3S/c1-11(7,10)3-2-4(6)5(8)9/h4,7H,2-3,6H2,1H3,(H,8,9)/t4-,11+/m1/s1. The summed E-state index contributed by atoms with van der Waals surface area (Å²) in [6.45, 7) is 0. The Hall–Kier alpha value is -0.620. The molecule has 0 fully saturated rings. The van der Waals surface area contributed by atoms with Gasteiger partial charge in [-0.3, -0.25) is 13.8 Å². The van der Waals surface area contributed by atoms with E-state index in [1.165, 1.54) is 6.26 Å². The van der Waals surface area contributed by atoms with Gasteiger partial charge in [0.25, 0.3) is 0 Å². The summed E-state index contributed by atoms with van der Waals surface area (Å²) in [7, 11) is -2.60. The van der Waals surface area contributed by atoms with Crippen LogP contribution in [0.5, 0.6) is 0 Å². The Bertz CT molecular complexity index is 234. The number of carboxylic acids is 1. The van der Waals surface area contributed by atoms with Crippen LogP contribution in [0.3, 0.4) is 0 Å². The first-order valence-corrected chi connectivity index (χ1v) is 5.16. The number of aliphatic carboxylic acids is 1. The highest BCUT2D eigenvalue weighted by Gasteiger charge is 2.12. The first-order valence-electron chi connectivity index (χ1n) is 3.03. The molecule has 0 spiro atoms. The Morgan fingerprint density at radius 1 is 1.82 bits per heavy atom. The molecule has 0 saturated heterocycles. The average molecular weight is 180 g/mol. The van der Waals surface area contributed by atoms with Crippen LogP contribution in [0.4, 0.5) is 0 Å². The predicted octanol–water partition coefficient (Wildman–Crippen LogP) is -0.535. The zero-order chi connectivity index (χ0) is 9.07. The van der Waals surface area contributed by atoms with Crippen molar-refractivity contribution in [2.24, 2.45) is 5.73 Å². The fraction of sp³-hybridized carbons (Fsp3) is 0.800. The topological polar surface area (TPSA) is 104 Å². The van der Waals surface area contributed by atoms with Crippen molar-refractivity contribution in [3.63, 3.8) is 0 Å². The third kappa shape index (κ3) is 5.81. The van der Waals surface area contributed by atoms with Crippen molar-refractivity contribution in [1.82, 2.24) is 0 Å². The van der Waals surface area contributed by atoms with Gasteiger partial charge in [-0.1, -0.05) is 0 Å². The number of nitrogens with one attached hydrogen (secondary N) is 1. The van der Waals surface area contributed by atoms with Crippen molar-refractivity contribution in [3.05, 3.63) is 0 Å². The van der Waals surface area contributed by atoms with Gasteiger partial charge in [-0.25, -0.2) is 0 Å². The molecule has 0 heterocycles. The third-order valence-electron chi connectivity index (χ3n) is 1.14. The van der Waals surface area contributed by atoms with Crippen molar-refractivity contribution in [1.29, 1.82) is 4.78 Å². The van der Waals surface area contributed by atoms with Gasteiger partial charge < -0.3 is 10.8 Å². The minimum Gasteiger partial charge on any atom is -0.480 e. The van der Waals surface area contributed by atoms with Crippen molar-refractivity contribution in [2.75, 3.05) is 12.0 Å². The quantitative estimate of drug-likeness (QED) is 0.540. The van der Waals surface area contributed by atoms with Crippen LogP contribution in [0, 0.1) is 4.78 Å². The van der Waals surface area contributed by atoms with E-state index >= 15 is 0 Å². The van der Waals surface area contributed by atoms with Gasteiger partial charge in [0.2, 0.25) is 0 Å². The van der Waals surface area contributed by atoms with Gasteiger partial charge in [0.15, 0.2) is 0 Å². The molecule has 0 aromatic carbocycles. The lowest BCUT2D eigenvalue weighted by Crippen LogP contribution is -2.31. The van der Waals surface area contributed by atoms with Crippen LogP contribution in [0.25, 0.3) is 0 Å².